The summed E-state index contributed by atoms with van der Waals surface area (Å²) in [5, 5.41) is 11.9. The summed E-state index contributed by atoms with van der Waals surface area (Å²) >= 11 is 0. The molecule has 3 nitrogen and oxygen atoms in total. The third-order valence-electron chi connectivity index (χ3n) is 4.33. The van der Waals surface area contributed by atoms with Gasteiger partial charge in [-0.15, -0.1) is 0 Å². The Morgan fingerprint density at radius 2 is 1.73 bits per heavy atom. The fourth-order valence-corrected chi connectivity index (χ4v) is 2.40. The Morgan fingerprint density at radius 3 is 2.20 bits per heavy atom. The molecule has 0 aromatic carbocycles. The Bertz CT molecular complexity index is 188. The summed E-state index contributed by atoms with van der Waals surface area (Å²) < 4.78 is 5.18. The van der Waals surface area contributed by atoms with Gasteiger partial charge in [0.25, 0.3) is 0 Å². The normalized spacial score (nSPS) is 23.0. The molecular formula is C12H25NO2. The second-order valence-electron chi connectivity index (χ2n) is 5.54. The van der Waals surface area contributed by atoms with E-state index in [0.717, 1.165) is 19.0 Å². The quantitative estimate of drug-likeness (QED) is 0.628. The Morgan fingerprint density at radius 1 is 1.13 bits per heavy atom. The molecule has 0 spiro atoms. The van der Waals surface area contributed by atoms with Crippen molar-refractivity contribution in [3.05, 3.63) is 0 Å². The lowest BCUT2D eigenvalue weighted by Gasteiger charge is -2.06. The standard InChI is InChI=1S/C12H25NO2/c1-11(2)10(12(11,3)4)9-13-5-7-15-8-6-14/h10,13-14H,5-9H2,1-4H3. The van der Waals surface area contributed by atoms with Crippen LogP contribution in [0.2, 0.25) is 0 Å². The van der Waals surface area contributed by atoms with E-state index in [1.807, 2.05) is 0 Å². The zero-order valence-electron chi connectivity index (χ0n) is 10.5. The van der Waals surface area contributed by atoms with Crippen LogP contribution < -0.4 is 5.32 Å². The van der Waals surface area contributed by atoms with Gasteiger partial charge < -0.3 is 15.2 Å². The summed E-state index contributed by atoms with van der Waals surface area (Å²) in [7, 11) is 0. The zero-order chi connectivity index (χ0) is 11.5. The number of nitrogens with one attached hydrogen (secondary N) is 1. The van der Waals surface area contributed by atoms with Gasteiger partial charge in [-0.2, -0.15) is 0 Å². The van der Waals surface area contributed by atoms with E-state index in [0.29, 0.717) is 24.0 Å². The van der Waals surface area contributed by atoms with Gasteiger partial charge in [0.05, 0.1) is 19.8 Å². The van der Waals surface area contributed by atoms with Gasteiger partial charge in [-0.25, -0.2) is 0 Å². The smallest absolute Gasteiger partial charge is 0.0698 e. The van der Waals surface area contributed by atoms with Crippen LogP contribution in [0.1, 0.15) is 27.7 Å². The average molecular weight is 215 g/mol. The molecule has 15 heavy (non-hydrogen) atoms. The molecule has 0 radical (unpaired) electrons. The molecule has 1 fully saturated rings. The molecular weight excluding hydrogens is 190 g/mol. The van der Waals surface area contributed by atoms with Crippen molar-refractivity contribution in [1.82, 2.24) is 5.32 Å². The van der Waals surface area contributed by atoms with Crippen LogP contribution in [0.15, 0.2) is 0 Å². The highest BCUT2D eigenvalue weighted by atomic mass is 16.5. The average Bonchev–Trinajstić information content (AvgIpc) is 2.52. The van der Waals surface area contributed by atoms with Crippen molar-refractivity contribution >= 4 is 0 Å². The maximum Gasteiger partial charge on any atom is 0.0698 e. The predicted octanol–water partition coefficient (Wildman–Crippen LogP) is 1.27. The second-order valence-corrected chi connectivity index (χ2v) is 5.54. The Kier molecular flexibility index (Phi) is 4.15. The lowest BCUT2D eigenvalue weighted by Crippen LogP contribution is -2.24. The summed E-state index contributed by atoms with van der Waals surface area (Å²) in [6.07, 6.45) is 0. The molecule has 0 atom stereocenters. The minimum Gasteiger partial charge on any atom is -0.394 e. The molecule has 0 amide bonds. The van der Waals surface area contributed by atoms with E-state index in [2.05, 4.69) is 33.0 Å². The Labute approximate surface area is 93.2 Å². The van der Waals surface area contributed by atoms with E-state index < -0.39 is 0 Å². The summed E-state index contributed by atoms with van der Waals surface area (Å²) in [6, 6.07) is 0. The van der Waals surface area contributed by atoms with Gasteiger partial charge in [0, 0.05) is 6.54 Å². The van der Waals surface area contributed by atoms with Crippen LogP contribution in [-0.4, -0.2) is 38.0 Å². The molecule has 1 aliphatic carbocycles. The molecule has 0 saturated heterocycles. The topological polar surface area (TPSA) is 41.5 Å². The van der Waals surface area contributed by atoms with E-state index >= 15 is 0 Å². The van der Waals surface area contributed by atoms with Crippen LogP contribution in [0.4, 0.5) is 0 Å². The van der Waals surface area contributed by atoms with Gasteiger partial charge in [0.15, 0.2) is 0 Å². The number of aliphatic hydroxyl groups is 1. The van der Waals surface area contributed by atoms with Gasteiger partial charge >= 0.3 is 0 Å². The molecule has 0 heterocycles. The van der Waals surface area contributed by atoms with E-state index in [-0.39, 0.29) is 6.61 Å². The largest absolute Gasteiger partial charge is 0.394 e. The number of hydrogen-bond acceptors (Lipinski definition) is 3. The minimum absolute atomic E-state index is 0.114. The predicted molar refractivity (Wildman–Crippen MR) is 61.8 cm³/mol. The lowest BCUT2D eigenvalue weighted by molar-refractivity contribution is 0.0937. The highest BCUT2D eigenvalue weighted by molar-refractivity contribution is 5.12. The van der Waals surface area contributed by atoms with E-state index in [9.17, 15) is 0 Å². The van der Waals surface area contributed by atoms with Crippen molar-refractivity contribution in [2.75, 3.05) is 32.9 Å². The summed E-state index contributed by atoms with van der Waals surface area (Å²) in [6.45, 7) is 12.5. The van der Waals surface area contributed by atoms with E-state index in [1.54, 1.807) is 0 Å². The van der Waals surface area contributed by atoms with Crippen molar-refractivity contribution < 1.29 is 9.84 Å². The Balaban J connectivity index is 2.03. The highest BCUT2D eigenvalue weighted by Gasteiger charge is 2.63. The lowest BCUT2D eigenvalue weighted by atomic mass is 10.0. The highest BCUT2D eigenvalue weighted by Crippen LogP contribution is 2.67. The molecule has 90 valence electrons. The number of aliphatic hydroxyl groups excluding tert-OH is 1. The molecule has 2 N–H and O–H groups in total. The van der Waals surface area contributed by atoms with Crippen LogP contribution in [0.25, 0.3) is 0 Å². The number of rotatable bonds is 7. The van der Waals surface area contributed by atoms with Crippen LogP contribution >= 0.6 is 0 Å². The van der Waals surface area contributed by atoms with Crippen LogP contribution in [-0.2, 0) is 4.74 Å². The summed E-state index contributed by atoms with van der Waals surface area (Å²) in [5.41, 5.74) is 0.928. The Hall–Kier alpha value is -0.120. The van der Waals surface area contributed by atoms with E-state index in [1.165, 1.54) is 0 Å². The van der Waals surface area contributed by atoms with Crippen LogP contribution in [0.5, 0.6) is 0 Å². The second kappa shape index (κ2) is 4.81. The third-order valence-corrected chi connectivity index (χ3v) is 4.33. The van der Waals surface area contributed by atoms with Gasteiger partial charge in [-0.1, -0.05) is 27.7 Å². The van der Waals surface area contributed by atoms with Crippen molar-refractivity contribution in [3.63, 3.8) is 0 Å². The van der Waals surface area contributed by atoms with Crippen molar-refractivity contribution in [1.29, 1.82) is 0 Å². The van der Waals surface area contributed by atoms with Crippen molar-refractivity contribution in [2.45, 2.75) is 27.7 Å². The third kappa shape index (κ3) is 2.71. The summed E-state index contributed by atoms with van der Waals surface area (Å²) in [5.74, 6) is 0.767. The van der Waals surface area contributed by atoms with Crippen LogP contribution in [0.3, 0.4) is 0 Å². The fraction of sp³-hybridized carbons (Fsp3) is 1.00. The monoisotopic (exact) mass is 215 g/mol. The van der Waals surface area contributed by atoms with Gasteiger partial charge in [-0.3, -0.25) is 0 Å². The van der Waals surface area contributed by atoms with Crippen molar-refractivity contribution in [3.8, 4) is 0 Å². The van der Waals surface area contributed by atoms with Crippen LogP contribution in [0, 0.1) is 16.7 Å². The van der Waals surface area contributed by atoms with E-state index in [4.69, 9.17) is 9.84 Å². The first kappa shape index (κ1) is 12.9. The fourth-order valence-electron chi connectivity index (χ4n) is 2.40. The SMILES string of the molecule is CC1(C)C(CNCCOCCO)C1(C)C. The first-order valence-electron chi connectivity index (χ1n) is 5.84. The maximum absolute atomic E-state index is 8.51. The molecule has 1 aliphatic rings. The first-order valence-corrected chi connectivity index (χ1v) is 5.84. The zero-order valence-corrected chi connectivity index (χ0v) is 10.5. The number of ether oxygens (including phenoxy) is 1. The molecule has 0 aliphatic heterocycles. The molecule has 0 aromatic rings. The first-order chi connectivity index (χ1) is 6.94. The van der Waals surface area contributed by atoms with Crippen molar-refractivity contribution in [2.24, 2.45) is 16.7 Å². The van der Waals surface area contributed by atoms with Gasteiger partial charge in [0.2, 0.25) is 0 Å². The summed E-state index contributed by atoms with van der Waals surface area (Å²) in [4.78, 5) is 0. The molecule has 1 saturated carbocycles. The molecule has 1 rings (SSSR count). The minimum atomic E-state index is 0.114. The molecule has 0 bridgehead atoms. The van der Waals surface area contributed by atoms with Gasteiger partial charge in [0.1, 0.15) is 0 Å². The molecule has 0 unspecified atom stereocenters. The molecule has 0 aromatic heterocycles. The van der Waals surface area contributed by atoms with Gasteiger partial charge in [-0.05, 0) is 23.3 Å². The molecule has 3 heteroatoms. The maximum atomic E-state index is 8.51. The number of hydrogen-bond donors (Lipinski definition) is 2.